The second-order valence-corrected chi connectivity index (χ2v) is 5.97. The van der Waals surface area contributed by atoms with Crippen LogP contribution >= 0.6 is 15.9 Å². The zero-order valence-corrected chi connectivity index (χ0v) is 12.4. The molecule has 19 heavy (non-hydrogen) atoms. The number of ether oxygens (including phenoxy) is 1. The molecule has 0 bridgehead atoms. The maximum atomic E-state index is 5.94. The standard InChI is InChI=1S/C17H17BrO/c18-15-8-10-16(11-9-15)19-12-14-6-3-5-13-4-1-2-7-17(13)14/h1-2,4,7-11,14H,3,5-6,12H2. The molecule has 0 spiro atoms. The second-order valence-electron chi connectivity index (χ2n) is 5.05. The molecule has 0 amide bonds. The van der Waals surface area contributed by atoms with Gasteiger partial charge in [-0.1, -0.05) is 40.2 Å². The third-order valence-corrected chi connectivity index (χ3v) is 4.29. The molecule has 0 aromatic heterocycles. The number of aryl methyl sites for hydroxylation is 1. The third kappa shape index (κ3) is 3.01. The molecule has 0 N–H and O–H groups in total. The molecule has 1 atom stereocenters. The lowest BCUT2D eigenvalue weighted by Crippen LogP contribution is -2.16. The van der Waals surface area contributed by atoms with E-state index in [0.717, 1.165) is 16.8 Å². The van der Waals surface area contributed by atoms with Gasteiger partial charge < -0.3 is 4.74 Å². The minimum atomic E-state index is 0.536. The lowest BCUT2D eigenvalue weighted by atomic mass is 9.83. The summed E-state index contributed by atoms with van der Waals surface area (Å²) >= 11 is 3.44. The van der Waals surface area contributed by atoms with Crippen LogP contribution in [0.2, 0.25) is 0 Å². The fraction of sp³-hybridized carbons (Fsp3) is 0.294. The first kappa shape index (κ1) is 12.7. The summed E-state index contributed by atoms with van der Waals surface area (Å²) in [7, 11) is 0. The van der Waals surface area contributed by atoms with Gasteiger partial charge in [0.1, 0.15) is 5.75 Å². The van der Waals surface area contributed by atoms with Crippen LogP contribution in [-0.2, 0) is 6.42 Å². The number of benzene rings is 2. The molecule has 2 aromatic rings. The summed E-state index contributed by atoms with van der Waals surface area (Å²) in [5.41, 5.74) is 2.98. The third-order valence-electron chi connectivity index (χ3n) is 3.76. The topological polar surface area (TPSA) is 9.23 Å². The Labute approximate surface area is 122 Å². The number of rotatable bonds is 3. The summed E-state index contributed by atoms with van der Waals surface area (Å²) in [5, 5.41) is 0. The number of hydrogen-bond acceptors (Lipinski definition) is 1. The summed E-state index contributed by atoms with van der Waals surface area (Å²) < 4.78 is 7.02. The monoisotopic (exact) mass is 316 g/mol. The van der Waals surface area contributed by atoms with Crippen LogP contribution in [0.1, 0.15) is 29.9 Å². The van der Waals surface area contributed by atoms with Crippen molar-refractivity contribution < 1.29 is 4.74 Å². The Bertz CT molecular complexity index is 547. The molecule has 98 valence electrons. The maximum Gasteiger partial charge on any atom is 0.119 e. The van der Waals surface area contributed by atoms with Crippen molar-refractivity contribution in [3.8, 4) is 5.75 Å². The van der Waals surface area contributed by atoms with Gasteiger partial charge in [-0.25, -0.2) is 0 Å². The number of fused-ring (bicyclic) bond motifs is 1. The van der Waals surface area contributed by atoms with E-state index in [-0.39, 0.29) is 0 Å². The molecular weight excluding hydrogens is 300 g/mol. The van der Waals surface area contributed by atoms with Gasteiger partial charge in [-0.05, 0) is 54.7 Å². The van der Waals surface area contributed by atoms with E-state index in [0.29, 0.717) is 5.92 Å². The summed E-state index contributed by atoms with van der Waals surface area (Å²) in [6.07, 6.45) is 3.71. The molecule has 0 saturated carbocycles. The maximum absolute atomic E-state index is 5.94. The highest BCUT2D eigenvalue weighted by Gasteiger charge is 2.20. The average molecular weight is 317 g/mol. The smallest absolute Gasteiger partial charge is 0.119 e. The molecule has 1 nitrogen and oxygen atoms in total. The predicted molar refractivity (Wildman–Crippen MR) is 81.8 cm³/mol. The molecule has 1 unspecified atom stereocenters. The molecule has 0 saturated heterocycles. The van der Waals surface area contributed by atoms with Crippen molar-refractivity contribution in [3.63, 3.8) is 0 Å². The highest BCUT2D eigenvalue weighted by atomic mass is 79.9. The van der Waals surface area contributed by atoms with Gasteiger partial charge in [0.25, 0.3) is 0 Å². The largest absolute Gasteiger partial charge is 0.493 e. The Balaban J connectivity index is 1.69. The molecule has 2 heteroatoms. The van der Waals surface area contributed by atoms with Crippen molar-refractivity contribution in [1.29, 1.82) is 0 Å². The Hall–Kier alpha value is -1.28. The summed E-state index contributed by atoms with van der Waals surface area (Å²) in [5.74, 6) is 1.49. The van der Waals surface area contributed by atoms with Crippen molar-refractivity contribution in [1.82, 2.24) is 0 Å². The first-order chi connectivity index (χ1) is 9.33. The Morgan fingerprint density at radius 1 is 1.05 bits per heavy atom. The minimum absolute atomic E-state index is 0.536. The molecule has 0 heterocycles. The lowest BCUT2D eigenvalue weighted by molar-refractivity contribution is 0.274. The van der Waals surface area contributed by atoms with E-state index in [1.54, 1.807) is 0 Å². The summed E-state index contributed by atoms with van der Waals surface area (Å²) in [4.78, 5) is 0. The highest BCUT2D eigenvalue weighted by molar-refractivity contribution is 9.10. The van der Waals surface area contributed by atoms with Gasteiger partial charge in [0.05, 0.1) is 6.61 Å². The van der Waals surface area contributed by atoms with Crippen molar-refractivity contribution in [2.24, 2.45) is 0 Å². The van der Waals surface area contributed by atoms with E-state index >= 15 is 0 Å². The minimum Gasteiger partial charge on any atom is -0.493 e. The first-order valence-electron chi connectivity index (χ1n) is 6.79. The van der Waals surface area contributed by atoms with Crippen LogP contribution in [0.3, 0.4) is 0 Å². The van der Waals surface area contributed by atoms with Crippen LogP contribution in [0.5, 0.6) is 5.75 Å². The van der Waals surface area contributed by atoms with E-state index in [9.17, 15) is 0 Å². The van der Waals surface area contributed by atoms with Gasteiger partial charge in [-0.15, -0.1) is 0 Å². The van der Waals surface area contributed by atoms with Crippen LogP contribution < -0.4 is 4.74 Å². The quantitative estimate of drug-likeness (QED) is 0.778. The number of hydrogen-bond donors (Lipinski definition) is 0. The molecule has 2 aromatic carbocycles. The van der Waals surface area contributed by atoms with Gasteiger partial charge in [0.2, 0.25) is 0 Å². The molecule has 0 fully saturated rings. The van der Waals surface area contributed by atoms with Crippen LogP contribution in [-0.4, -0.2) is 6.61 Å². The Morgan fingerprint density at radius 2 is 1.84 bits per heavy atom. The first-order valence-corrected chi connectivity index (χ1v) is 7.58. The fourth-order valence-electron chi connectivity index (χ4n) is 2.76. The Morgan fingerprint density at radius 3 is 2.68 bits per heavy atom. The average Bonchev–Trinajstić information content (AvgIpc) is 2.47. The molecule has 3 rings (SSSR count). The predicted octanol–water partition coefficient (Wildman–Crippen LogP) is 4.95. The fourth-order valence-corrected chi connectivity index (χ4v) is 3.02. The molecule has 1 aliphatic rings. The molecule has 0 aliphatic heterocycles. The zero-order chi connectivity index (χ0) is 13.1. The lowest BCUT2D eigenvalue weighted by Gasteiger charge is -2.25. The van der Waals surface area contributed by atoms with Crippen LogP contribution in [0.25, 0.3) is 0 Å². The molecule has 1 aliphatic carbocycles. The van der Waals surface area contributed by atoms with Crippen molar-refractivity contribution in [2.75, 3.05) is 6.61 Å². The van der Waals surface area contributed by atoms with Gasteiger partial charge in [0, 0.05) is 10.4 Å². The SMILES string of the molecule is Brc1ccc(OCC2CCCc3ccccc32)cc1. The zero-order valence-electron chi connectivity index (χ0n) is 10.8. The normalized spacial score (nSPS) is 17.8. The van der Waals surface area contributed by atoms with E-state index in [4.69, 9.17) is 4.74 Å². The Kier molecular flexibility index (Phi) is 3.88. The van der Waals surface area contributed by atoms with Crippen molar-refractivity contribution >= 4 is 15.9 Å². The van der Waals surface area contributed by atoms with E-state index < -0.39 is 0 Å². The second kappa shape index (κ2) is 5.79. The van der Waals surface area contributed by atoms with Crippen LogP contribution in [0.15, 0.2) is 53.0 Å². The van der Waals surface area contributed by atoms with Gasteiger partial charge >= 0.3 is 0 Å². The van der Waals surface area contributed by atoms with E-state index in [1.165, 1.54) is 30.4 Å². The van der Waals surface area contributed by atoms with E-state index in [2.05, 4.69) is 40.2 Å². The highest BCUT2D eigenvalue weighted by Crippen LogP contribution is 2.32. The number of halogens is 1. The van der Waals surface area contributed by atoms with Gasteiger partial charge in [-0.2, -0.15) is 0 Å². The van der Waals surface area contributed by atoms with Gasteiger partial charge in [0.15, 0.2) is 0 Å². The van der Waals surface area contributed by atoms with Crippen LogP contribution in [0, 0.1) is 0 Å². The van der Waals surface area contributed by atoms with Crippen molar-refractivity contribution in [2.45, 2.75) is 25.2 Å². The van der Waals surface area contributed by atoms with Crippen molar-refractivity contribution in [3.05, 3.63) is 64.1 Å². The summed E-state index contributed by atoms with van der Waals surface area (Å²) in [6.45, 7) is 0.776. The van der Waals surface area contributed by atoms with Gasteiger partial charge in [-0.3, -0.25) is 0 Å². The van der Waals surface area contributed by atoms with Crippen LogP contribution in [0.4, 0.5) is 0 Å². The molecular formula is C17H17BrO. The molecule has 0 radical (unpaired) electrons. The summed E-state index contributed by atoms with van der Waals surface area (Å²) in [6, 6.07) is 16.8. The van der Waals surface area contributed by atoms with E-state index in [1.807, 2.05) is 24.3 Å².